The van der Waals surface area contributed by atoms with Crippen molar-refractivity contribution in [2.75, 3.05) is 0 Å². The molecule has 3 heterocycles. The fourth-order valence-electron chi connectivity index (χ4n) is 3.82. The molecule has 4 aromatic rings. The van der Waals surface area contributed by atoms with Crippen molar-refractivity contribution in [2.24, 2.45) is 0 Å². The van der Waals surface area contributed by atoms with E-state index in [4.69, 9.17) is 4.98 Å². The molecule has 4 rings (SSSR count). The van der Waals surface area contributed by atoms with E-state index in [2.05, 4.69) is 77.7 Å². The van der Waals surface area contributed by atoms with Crippen LogP contribution < -0.4 is 4.40 Å². The maximum absolute atomic E-state index is 10.7. The van der Waals surface area contributed by atoms with Gasteiger partial charge in [0.25, 0.3) is 5.65 Å². The summed E-state index contributed by atoms with van der Waals surface area (Å²) < 4.78 is 63.8. The average molecular weight is 475 g/mol. The SMILES string of the molecule is CCCc1c(CCC)c2n(-c3ccccc3)cc[n+]2c2ncccc12.F[P-](F)(F)(F)(F)F. The summed E-state index contributed by atoms with van der Waals surface area (Å²) in [5.74, 6) is 0. The van der Waals surface area contributed by atoms with Gasteiger partial charge in [-0.3, -0.25) is 0 Å². The minimum absolute atomic E-state index is 1.05. The third-order valence-electron chi connectivity index (χ3n) is 4.83. The van der Waals surface area contributed by atoms with E-state index in [1.54, 1.807) is 0 Å². The van der Waals surface area contributed by atoms with Gasteiger partial charge >= 0.3 is 33.0 Å². The molecule has 0 bridgehead atoms. The Morgan fingerprint density at radius 3 is 2.03 bits per heavy atom. The summed E-state index contributed by atoms with van der Waals surface area (Å²) in [7, 11) is -10.7. The molecule has 0 aliphatic rings. The predicted octanol–water partition coefficient (Wildman–Crippen LogP) is 8.05. The number of benzene rings is 1. The number of hydrogen-bond donors (Lipinski definition) is 0. The molecule has 0 unspecified atom stereocenters. The number of halogens is 6. The molecule has 174 valence electrons. The molecular weight excluding hydrogens is 451 g/mol. The summed E-state index contributed by atoms with van der Waals surface area (Å²) in [6, 6.07) is 14.9. The molecule has 0 atom stereocenters. The zero-order valence-electron chi connectivity index (χ0n) is 17.7. The molecule has 0 saturated carbocycles. The standard InChI is InChI=1S/C22H24N3.F6P/c1-3-9-18-19-13-8-14-23-21(19)25-16-15-24(17-11-6-5-7-12-17)22(25)20(18)10-4-2;1-7(2,3,4,5)6/h5-8,11-16H,3-4,9-10H2,1-2H3;/q+1;-1. The van der Waals surface area contributed by atoms with Gasteiger partial charge in [-0.05, 0) is 42.7 Å². The third-order valence-corrected chi connectivity index (χ3v) is 4.83. The van der Waals surface area contributed by atoms with Crippen LogP contribution in [0.25, 0.3) is 22.4 Å². The van der Waals surface area contributed by atoms with Crippen LogP contribution in [0, 0.1) is 0 Å². The molecule has 10 heteroatoms. The van der Waals surface area contributed by atoms with Gasteiger partial charge in [-0.25, -0.2) is 4.57 Å². The van der Waals surface area contributed by atoms with Gasteiger partial charge < -0.3 is 0 Å². The zero-order valence-corrected chi connectivity index (χ0v) is 18.6. The van der Waals surface area contributed by atoms with Gasteiger partial charge in [0.1, 0.15) is 18.1 Å². The van der Waals surface area contributed by atoms with Crippen LogP contribution in [0.4, 0.5) is 25.2 Å². The first-order valence-electron chi connectivity index (χ1n) is 10.2. The van der Waals surface area contributed by atoms with Gasteiger partial charge in [0.05, 0.1) is 11.6 Å². The van der Waals surface area contributed by atoms with Gasteiger partial charge in [0, 0.05) is 5.56 Å². The Bertz CT molecular complexity index is 1220. The molecule has 0 aliphatic carbocycles. The first-order valence-corrected chi connectivity index (χ1v) is 12.3. The molecule has 3 aromatic heterocycles. The van der Waals surface area contributed by atoms with Gasteiger partial charge in [-0.1, -0.05) is 44.9 Å². The topological polar surface area (TPSA) is 21.9 Å². The number of fused-ring (bicyclic) bond motifs is 3. The van der Waals surface area contributed by atoms with Gasteiger partial charge in [0.15, 0.2) is 0 Å². The van der Waals surface area contributed by atoms with Crippen molar-refractivity contribution in [1.82, 2.24) is 9.55 Å². The molecule has 0 aliphatic heterocycles. The zero-order chi connectivity index (χ0) is 23.6. The molecule has 3 nitrogen and oxygen atoms in total. The van der Waals surface area contributed by atoms with Crippen LogP contribution in [0.2, 0.25) is 0 Å². The van der Waals surface area contributed by atoms with Crippen molar-refractivity contribution in [3.05, 3.63) is 72.2 Å². The van der Waals surface area contributed by atoms with E-state index in [-0.39, 0.29) is 0 Å². The first-order chi connectivity index (χ1) is 14.8. The minimum atomic E-state index is -10.7. The predicted molar refractivity (Wildman–Crippen MR) is 116 cm³/mol. The van der Waals surface area contributed by atoms with Crippen molar-refractivity contribution in [3.8, 4) is 5.69 Å². The average Bonchev–Trinajstić information content (AvgIpc) is 3.14. The quantitative estimate of drug-likeness (QED) is 0.163. The third kappa shape index (κ3) is 6.19. The van der Waals surface area contributed by atoms with Gasteiger partial charge in [-0.2, -0.15) is 4.40 Å². The summed E-state index contributed by atoms with van der Waals surface area (Å²) in [6.45, 7) is 4.51. The molecular formula is C22H24F6N3P. The van der Waals surface area contributed by atoms with E-state index >= 15 is 0 Å². The number of imidazole rings is 1. The van der Waals surface area contributed by atoms with Crippen LogP contribution in [0.1, 0.15) is 37.8 Å². The summed E-state index contributed by atoms with van der Waals surface area (Å²) >= 11 is 0. The van der Waals surface area contributed by atoms with Crippen molar-refractivity contribution < 1.29 is 29.6 Å². The van der Waals surface area contributed by atoms with Gasteiger partial charge in [-0.15, -0.1) is 4.98 Å². The van der Waals surface area contributed by atoms with Crippen LogP contribution in [0.3, 0.4) is 0 Å². The second-order valence-electron chi connectivity index (χ2n) is 7.49. The monoisotopic (exact) mass is 475 g/mol. The summed E-state index contributed by atoms with van der Waals surface area (Å²) in [6.07, 6.45) is 10.7. The molecule has 0 N–H and O–H groups in total. The summed E-state index contributed by atoms with van der Waals surface area (Å²) in [5, 5.41) is 1.29. The summed E-state index contributed by atoms with van der Waals surface area (Å²) in [5.41, 5.74) is 6.42. The van der Waals surface area contributed by atoms with E-state index in [0.717, 1.165) is 31.3 Å². The Hall–Kier alpha value is -2.67. The Morgan fingerprint density at radius 2 is 1.44 bits per heavy atom. The van der Waals surface area contributed by atoms with Crippen LogP contribution in [-0.4, -0.2) is 9.55 Å². The van der Waals surface area contributed by atoms with E-state index in [1.165, 1.54) is 27.8 Å². The van der Waals surface area contributed by atoms with Crippen LogP contribution in [-0.2, 0) is 12.8 Å². The van der Waals surface area contributed by atoms with Gasteiger partial charge in [0.2, 0.25) is 5.65 Å². The number of para-hydroxylation sites is 1. The Labute approximate surface area is 181 Å². The second-order valence-corrected chi connectivity index (χ2v) is 9.40. The molecule has 0 radical (unpaired) electrons. The van der Waals surface area contributed by atoms with E-state index < -0.39 is 7.81 Å². The fourth-order valence-corrected chi connectivity index (χ4v) is 3.82. The Morgan fingerprint density at radius 1 is 0.844 bits per heavy atom. The number of aromatic nitrogens is 3. The fraction of sp³-hybridized carbons (Fsp3) is 0.273. The number of aryl methyl sites for hydroxylation is 2. The number of rotatable bonds is 5. The molecule has 32 heavy (non-hydrogen) atoms. The van der Waals surface area contributed by atoms with E-state index in [9.17, 15) is 25.2 Å². The van der Waals surface area contributed by atoms with E-state index in [0.29, 0.717) is 0 Å². The molecule has 0 amide bonds. The number of hydrogen-bond acceptors (Lipinski definition) is 1. The molecule has 0 saturated heterocycles. The molecule has 1 aromatic carbocycles. The second kappa shape index (κ2) is 8.03. The van der Waals surface area contributed by atoms with E-state index in [1.807, 2.05) is 6.20 Å². The Balaban J connectivity index is 0.000000360. The maximum atomic E-state index is 9.87. The van der Waals surface area contributed by atoms with Crippen LogP contribution in [0.5, 0.6) is 0 Å². The summed E-state index contributed by atoms with van der Waals surface area (Å²) in [4.78, 5) is 4.71. The Kier molecular flexibility index (Phi) is 6.02. The van der Waals surface area contributed by atoms with Crippen LogP contribution >= 0.6 is 7.81 Å². The number of nitrogens with zero attached hydrogens (tertiary/aromatic N) is 3. The van der Waals surface area contributed by atoms with Crippen molar-refractivity contribution in [1.29, 1.82) is 0 Å². The normalized spacial score (nSPS) is 14.0. The van der Waals surface area contributed by atoms with Crippen molar-refractivity contribution >= 4 is 24.5 Å². The molecule has 0 spiro atoms. The number of pyridine rings is 2. The first kappa shape index (κ1) is 24.0. The van der Waals surface area contributed by atoms with Crippen molar-refractivity contribution in [3.63, 3.8) is 0 Å². The molecule has 0 fully saturated rings. The van der Waals surface area contributed by atoms with Crippen LogP contribution in [0.15, 0.2) is 61.1 Å². The van der Waals surface area contributed by atoms with Crippen molar-refractivity contribution in [2.45, 2.75) is 39.5 Å².